The van der Waals surface area contributed by atoms with Crippen molar-refractivity contribution in [2.45, 2.75) is 31.7 Å². The maximum absolute atomic E-state index is 12.7. The minimum atomic E-state index is -0.204. The van der Waals surface area contributed by atoms with Crippen molar-refractivity contribution in [1.29, 1.82) is 0 Å². The Morgan fingerprint density at radius 2 is 2.14 bits per heavy atom. The number of furan rings is 1. The van der Waals surface area contributed by atoms with E-state index in [4.69, 9.17) is 4.42 Å². The number of hydrogen-bond donors (Lipinski definition) is 1. The molecule has 0 bridgehead atoms. The molecule has 0 spiro atoms. The van der Waals surface area contributed by atoms with Crippen molar-refractivity contribution in [3.8, 4) is 0 Å². The fourth-order valence-electron chi connectivity index (χ4n) is 2.84. The lowest BCUT2D eigenvalue weighted by Crippen LogP contribution is -2.35. The summed E-state index contributed by atoms with van der Waals surface area (Å²) in [6.45, 7) is 0.712. The van der Waals surface area contributed by atoms with Gasteiger partial charge in [-0.15, -0.1) is 0 Å². The highest BCUT2D eigenvalue weighted by atomic mass is 16.3. The van der Waals surface area contributed by atoms with Gasteiger partial charge in [0.1, 0.15) is 5.76 Å². The topological polar surface area (TPSA) is 66.3 Å². The highest BCUT2D eigenvalue weighted by Gasteiger charge is 2.29. The Morgan fingerprint density at radius 1 is 1.24 bits per heavy atom. The molecule has 1 aliphatic rings. The third kappa shape index (κ3) is 2.91. The zero-order chi connectivity index (χ0) is 14.7. The largest absolute Gasteiger partial charge is 0.467 e. The van der Waals surface area contributed by atoms with Gasteiger partial charge < -0.3 is 14.3 Å². The van der Waals surface area contributed by atoms with E-state index < -0.39 is 0 Å². The number of hydrogen-bond acceptors (Lipinski definition) is 3. The third-order valence-electron chi connectivity index (χ3n) is 3.92. The second-order valence-corrected chi connectivity index (χ2v) is 5.32. The van der Waals surface area contributed by atoms with Crippen LogP contribution in [0.2, 0.25) is 0 Å². The van der Waals surface area contributed by atoms with Crippen molar-refractivity contribution in [3.05, 3.63) is 58.4 Å². The standard InChI is InChI=1S/C16H18N2O3/c19-15-8-7-12(11-17-15)16(20)18-9-3-1-2-5-13(18)14-6-4-10-21-14/h4,6-8,10-11,13H,1-3,5,9H2,(H,17,19). The van der Waals surface area contributed by atoms with Crippen LogP contribution in [0.3, 0.4) is 0 Å². The van der Waals surface area contributed by atoms with Crippen molar-refractivity contribution in [2.24, 2.45) is 0 Å². The van der Waals surface area contributed by atoms with Gasteiger partial charge in [0.05, 0.1) is 17.9 Å². The molecule has 0 aromatic carbocycles. The average Bonchev–Trinajstić information content (AvgIpc) is 2.92. The predicted molar refractivity (Wildman–Crippen MR) is 78.0 cm³/mol. The van der Waals surface area contributed by atoms with Gasteiger partial charge in [-0.3, -0.25) is 9.59 Å². The van der Waals surface area contributed by atoms with Crippen molar-refractivity contribution in [3.63, 3.8) is 0 Å². The number of carbonyl (C=O) groups excluding carboxylic acids is 1. The lowest BCUT2D eigenvalue weighted by molar-refractivity contribution is 0.0658. The molecule has 2 aromatic heterocycles. The van der Waals surface area contributed by atoms with Crippen LogP contribution in [-0.2, 0) is 0 Å². The summed E-state index contributed by atoms with van der Waals surface area (Å²) in [6.07, 6.45) is 7.22. The summed E-state index contributed by atoms with van der Waals surface area (Å²) >= 11 is 0. The zero-order valence-corrected chi connectivity index (χ0v) is 11.7. The van der Waals surface area contributed by atoms with Gasteiger partial charge in [0.2, 0.25) is 5.56 Å². The monoisotopic (exact) mass is 286 g/mol. The fraction of sp³-hybridized carbons (Fsp3) is 0.375. The number of amides is 1. The highest BCUT2D eigenvalue weighted by Crippen LogP contribution is 2.31. The van der Waals surface area contributed by atoms with Crippen LogP contribution in [-0.4, -0.2) is 22.3 Å². The molecule has 3 rings (SSSR count). The summed E-state index contributed by atoms with van der Waals surface area (Å²) in [5.41, 5.74) is 0.304. The van der Waals surface area contributed by atoms with Crippen LogP contribution in [0.4, 0.5) is 0 Å². The Bertz CT molecular complexity index is 640. The number of nitrogens with zero attached hydrogens (tertiary/aromatic N) is 1. The summed E-state index contributed by atoms with van der Waals surface area (Å²) in [5.74, 6) is 0.768. The number of rotatable bonds is 2. The van der Waals surface area contributed by atoms with Crippen LogP contribution < -0.4 is 5.56 Å². The van der Waals surface area contributed by atoms with E-state index in [1.165, 1.54) is 12.3 Å². The van der Waals surface area contributed by atoms with Crippen LogP contribution >= 0.6 is 0 Å². The van der Waals surface area contributed by atoms with Crippen molar-refractivity contribution in [2.75, 3.05) is 6.54 Å². The molecule has 5 nitrogen and oxygen atoms in total. The summed E-state index contributed by atoms with van der Waals surface area (Å²) in [7, 11) is 0. The molecule has 0 saturated carbocycles. The van der Waals surface area contributed by atoms with Crippen molar-refractivity contribution < 1.29 is 9.21 Å². The Balaban J connectivity index is 1.90. The van der Waals surface area contributed by atoms with Gasteiger partial charge in [-0.05, 0) is 31.0 Å². The maximum atomic E-state index is 12.7. The average molecular weight is 286 g/mol. The SMILES string of the molecule is O=C(c1ccc(=O)[nH]c1)N1CCCCCC1c1ccco1. The molecule has 1 aliphatic heterocycles. The van der Waals surface area contributed by atoms with Gasteiger partial charge in [0, 0.05) is 18.8 Å². The first kappa shape index (κ1) is 13.7. The first-order chi connectivity index (χ1) is 10.3. The normalized spacial score (nSPS) is 19.2. The van der Waals surface area contributed by atoms with Gasteiger partial charge in [-0.1, -0.05) is 12.8 Å². The molecule has 1 saturated heterocycles. The van der Waals surface area contributed by atoms with Crippen LogP contribution in [0.5, 0.6) is 0 Å². The van der Waals surface area contributed by atoms with Crippen molar-refractivity contribution >= 4 is 5.91 Å². The van der Waals surface area contributed by atoms with Gasteiger partial charge in [0.25, 0.3) is 5.91 Å². The fourth-order valence-corrected chi connectivity index (χ4v) is 2.84. The smallest absolute Gasteiger partial charge is 0.255 e. The molecule has 5 heteroatoms. The van der Waals surface area contributed by atoms with Gasteiger partial charge in [0.15, 0.2) is 0 Å². The summed E-state index contributed by atoms with van der Waals surface area (Å²) < 4.78 is 5.51. The molecule has 0 aliphatic carbocycles. The molecule has 1 N–H and O–H groups in total. The molecule has 1 amide bonds. The molecule has 0 radical (unpaired) electrons. The molecule has 110 valence electrons. The van der Waals surface area contributed by atoms with Crippen LogP contribution in [0.1, 0.15) is 47.8 Å². The minimum Gasteiger partial charge on any atom is -0.467 e. The lowest BCUT2D eigenvalue weighted by Gasteiger charge is -2.28. The van der Waals surface area contributed by atoms with Crippen LogP contribution in [0.25, 0.3) is 0 Å². The first-order valence-corrected chi connectivity index (χ1v) is 7.29. The Hall–Kier alpha value is -2.30. The second-order valence-electron chi connectivity index (χ2n) is 5.32. The summed E-state index contributed by atoms with van der Waals surface area (Å²) in [5, 5.41) is 0. The molecule has 1 unspecified atom stereocenters. The number of aromatic amines is 1. The predicted octanol–water partition coefficient (Wildman–Crippen LogP) is 2.73. The number of likely N-dealkylation sites (tertiary alicyclic amines) is 1. The molecular weight excluding hydrogens is 268 g/mol. The molecule has 1 fully saturated rings. The van der Waals surface area contributed by atoms with Crippen molar-refractivity contribution in [1.82, 2.24) is 9.88 Å². The highest BCUT2D eigenvalue weighted by molar-refractivity contribution is 5.94. The quantitative estimate of drug-likeness (QED) is 0.923. The van der Waals surface area contributed by atoms with Gasteiger partial charge in [-0.2, -0.15) is 0 Å². The molecule has 2 aromatic rings. The maximum Gasteiger partial charge on any atom is 0.255 e. The van der Waals surface area contributed by atoms with E-state index in [0.29, 0.717) is 12.1 Å². The summed E-state index contributed by atoms with van der Waals surface area (Å²) in [4.78, 5) is 28.3. The Morgan fingerprint density at radius 3 is 2.86 bits per heavy atom. The minimum absolute atomic E-state index is 0.0260. The third-order valence-corrected chi connectivity index (χ3v) is 3.92. The number of nitrogens with one attached hydrogen (secondary N) is 1. The summed E-state index contributed by atoms with van der Waals surface area (Å²) in [6, 6.07) is 6.70. The van der Waals surface area contributed by atoms with E-state index in [2.05, 4.69) is 4.98 Å². The van der Waals surface area contributed by atoms with E-state index in [1.54, 1.807) is 12.3 Å². The van der Waals surface area contributed by atoms with E-state index in [1.807, 2.05) is 17.0 Å². The Kier molecular flexibility index (Phi) is 3.90. The number of H-pyrrole nitrogens is 1. The van der Waals surface area contributed by atoms with Gasteiger partial charge in [-0.25, -0.2) is 0 Å². The zero-order valence-electron chi connectivity index (χ0n) is 11.7. The van der Waals surface area contributed by atoms with Crippen LogP contribution in [0.15, 0.2) is 45.9 Å². The number of aromatic nitrogens is 1. The van der Waals surface area contributed by atoms with E-state index in [-0.39, 0.29) is 17.5 Å². The molecule has 3 heterocycles. The number of carbonyl (C=O) groups is 1. The Labute approximate surface area is 122 Å². The van der Waals surface area contributed by atoms with E-state index in [9.17, 15) is 9.59 Å². The lowest BCUT2D eigenvalue weighted by atomic mass is 10.1. The molecule has 21 heavy (non-hydrogen) atoms. The van der Waals surface area contributed by atoms with E-state index >= 15 is 0 Å². The van der Waals surface area contributed by atoms with E-state index in [0.717, 1.165) is 31.4 Å². The molecular formula is C16H18N2O3. The number of pyridine rings is 1. The second kappa shape index (κ2) is 5.99. The van der Waals surface area contributed by atoms with Crippen LogP contribution in [0, 0.1) is 0 Å². The van der Waals surface area contributed by atoms with Gasteiger partial charge >= 0.3 is 0 Å². The first-order valence-electron chi connectivity index (χ1n) is 7.29. The molecule has 1 atom stereocenters.